The van der Waals surface area contributed by atoms with Gasteiger partial charge < -0.3 is 4.90 Å². The van der Waals surface area contributed by atoms with Gasteiger partial charge in [0.2, 0.25) is 5.91 Å². The van der Waals surface area contributed by atoms with Gasteiger partial charge in [0.25, 0.3) is 0 Å². The second kappa shape index (κ2) is 9.49. The number of carbonyl (C=O) groups is 1. The average Bonchev–Trinajstić information content (AvgIpc) is 3.06. The monoisotopic (exact) mass is 418 g/mol. The van der Waals surface area contributed by atoms with Gasteiger partial charge in [0, 0.05) is 17.1 Å². The van der Waals surface area contributed by atoms with Gasteiger partial charge in [-0.1, -0.05) is 29.0 Å². The standard InChI is InChI=1S/C21H24FN3OS2/c1-15-4-7-17(8-5-15)27-13-10-20(26)25(12-11-24(2)3)21-23-18-9-6-16(22)14-19(18)28-21/h4-9,14H,10-13H2,1-3H3/p+1. The van der Waals surface area contributed by atoms with Crippen LogP contribution in [0.5, 0.6) is 0 Å². The number of quaternary nitrogens is 1. The second-order valence-corrected chi connectivity index (χ2v) is 9.20. The number of nitrogens with zero attached hydrogens (tertiary/aromatic N) is 2. The lowest BCUT2D eigenvalue weighted by atomic mass is 10.2. The Kier molecular flexibility index (Phi) is 7.04. The maximum Gasteiger partial charge on any atom is 0.229 e. The lowest BCUT2D eigenvalue weighted by Crippen LogP contribution is -3.06. The summed E-state index contributed by atoms with van der Waals surface area (Å²) in [6.45, 7) is 3.48. The van der Waals surface area contributed by atoms with E-state index in [9.17, 15) is 9.18 Å². The Morgan fingerprint density at radius 2 is 1.96 bits per heavy atom. The molecule has 0 unspecified atom stereocenters. The maximum absolute atomic E-state index is 13.5. The van der Waals surface area contributed by atoms with E-state index in [2.05, 4.69) is 50.3 Å². The third-order valence-corrected chi connectivity index (χ3v) is 6.37. The molecular formula is C21H25FN3OS2+. The molecule has 0 aliphatic rings. The zero-order valence-electron chi connectivity index (χ0n) is 16.4. The van der Waals surface area contributed by atoms with Crippen LogP contribution in [0.25, 0.3) is 10.2 Å². The molecule has 0 spiro atoms. The zero-order chi connectivity index (χ0) is 20.1. The second-order valence-electron chi connectivity index (χ2n) is 7.02. The normalized spacial score (nSPS) is 11.3. The molecule has 0 aliphatic carbocycles. The molecule has 0 saturated carbocycles. The SMILES string of the molecule is Cc1ccc(SCCC(=O)N(CC[NH+](C)C)c2nc3ccc(F)cc3s2)cc1. The van der Waals surface area contributed by atoms with Crippen molar-refractivity contribution in [3.63, 3.8) is 0 Å². The van der Waals surface area contributed by atoms with Crippen LogP contribution in [0.3, 0.4) is 0 Å². The minimum Gasteiger partial charge on any atom is -0.338 e. The first kappa shape index (κ1) is 20.8. The highest BCUT2D eigenvalue weighted by Gasteiger charge is 2.20. The van der Waals surface area contributed by atoms with Crippen molar-refractivity contribution >= 4 is 44.4 Å². The van der Waals surface area contributed by atoms with Crippen molar-refractivity contribution in [2.24, 2.45) is 0 Å². The molecule has 3 rings (SSSR count). The van der Waals surface area contributed by atoms with E-state index in [4.69, 9.17) is 0 Å². The van der Waals surface area contributed by atoms with Crippen molar-refractivity contribution < 1.29 is 14.1 Å². The van der Waals surface area contributed by atoms with Gasteiger partial charge in [0.1, 0.15) is 5.82 Å². The summed E-state index contributed by atoms with van der Waals surface area (Å²) in [6, 6.07) is 12.9. The van der Waals surface area contributed by atoms with Crippen molar-refractivity contribution in [3.8, 4) is 0 Å². The van der Waals surface area contributed by atoms with Crippen molar-refractivity contribution in [2.75, 3.05) is 37.8 Å². The Bertz CT molecular complexity index is 940. The van der Waals surface area contributed by atoms with E-state index in [1.165, 1.54) is 33.9 Å². The first-order valence-electron chi connectivity index (χ1n) is 9.27. The fourth-order valence-electron chi connectivity index (χ4n) is 2.69. The molecule has 3 aromatic rings. The molecule has 1 aromatic heterocycles. The molecule has 0 saturated heterocycles. The summed E-state index contributed by atoms with van der Waals surface area (Å²) >= 11 is 3.05. The molecule has 0 aliphatic heterocycles. The first-order chi connectivity index (χ1) is 13.4. The zero-order valence-corrected chi connectivity index (χ0v) is 18.0. The minimum absolute atomic E-state index is 0.0559. The van der Waals surface area contributed by atoms with Crippen LogP contribution < -0.4 is 9.80 Å². The first-order valence-corrected chi connectivity index (χ1v) is 11.1. The molecule has 148 valence electrons. The Morgan fingerprint density at radius 3 is 2.68 bits per heavy atom. The Hall–Kier alpha value is -1.96. The Balaban J connectivity index is 1.70. The number of hydrogen-bond donors (Lipinski definition) is 1. The number of carbonyl (C=O) groups excluding carboxylic acids is 1. The lowest BCUT2D eigenvalue weighted by Gasteiger charge is -2.20. The number of hydrogen-bond acceptors (Lipinski definition) is 4. The highest BCUT2D eigenvalue weighted by molar-refractivity contribution is 7.99. The van der Waals surface area contributed by atoms with E-state index >= 15 is 0 Å². The van der Waals surface area contributed by atoms with Crippen LogP contribution in [0.1, 0.15) is 12.0 Å². The minimum atomic E-state index is -0.284. The quantitative estimate of drug-likeness (QED) is 0.570. The average molecular weight is 419 g/mol. The number of aromatic nitrogens is 1. The summed E-state index contributed by atoms with van der Waals surface area (Å²) in [7, 11) is 4.12. The number of halogens is 1. The fraction of sp³-hybridized carbons (Fsp3) is 0.333. The highest BCUT2D eigenvalue weighted by Crippen LogP contribution is 2.30. The number of thioether (sulfide) groups is 1. The van der Waals surface area contributed by atoms with E-state index in [0.717, 1.165) is 21.7 Å². The Labute approximate surface area is 173 Å². The van der Waals surface area contributed by atoms with Gasteiger partial charge >= 0.3 is 0 Å². The van der Waals surface area contributed by atoms with E-state index in [1.54, 1.807) is 22.7 Å². The van der Waals surface area contributed by atoms with Gasteiger partial charge in [0.05, 0.1) is 37.4 Å². The fourth-order valence-corrected chi connectivity index (χ4v) is 4.56. The molecule has 1 heterocycles. The number of fused-ring (bicyclic) bond motifs is 1. The topological polar surface area (TPSA) is 37.6 Å². The van der Waals surface area contributed by atoms with Gasteiger partial charge in [-0.05, 0) is 37.3 Å². The third kappa shape index (κ3) is 5.53. The molecule has 0 radical (unpaired) electrons. The molecular weight excluding hydrogens is 393 g/mol. The van der Waals surface area contributed by atoms with Crippen molar-refractivity contribution in [1.82, 2.24) is 4.98 Å². The van der Waals surface area contributed by atoms with Crippen LogP contribution in [0.4, 0.5) is 9.52 Å². The van der Waals surface area contributed by atoms with Crippen LogP contribution in [-0.4, -0.2) is 43.8 Å². The molecule has 0 bridgehead atoms. The number of aryl methyl sites for hydroxylation is 1. The smallest absolute Gasteiger partial charge is 0.229 e. The largest absolute Gasteiger partial charge is 0.338 e. The molecule has 4 nitrogen and oxygen atoms in total. The summed E-state index contributed by atoms with van der Waals surface area (Å²) in [6.07, 6.45) is 0.436. The van der Waals surface area contributed by atoms with E-state index < -0.39 is 0 Å². The number of amides is 1. The van der Waals surface area contributed by atoms with E-state index in [0.29, 0.717) is 23.8 Å². The van der Waals surface area contributed by atoms with Crippen LogP contribution in [0.2, 0.25) is 0 Å². The molecule has 1 N–H and O–H groups in total. The van der Waals surface area contributed by atoms with Gasteiger partial charge in [-0.25, -0.2) is 9.37 Å². The number of rotatable bonds is 8. The molecule has 0 fully saturated rings. The predicted octanol–water partition coefficient (Wildman–Crippen LogP) is 3.40. The summed E-state index contributed by atoms with van der Waals surface area (Å²) in [5.74, 6) is 0.487. The van der Waals surface area contributed by atoms with E-state index in [-0.39, 0.29) is 11.7 Å². The van der Waals surface area contributed by atoms with Crippen molar-refractivity contribution in [2.45, 2.75) is 18.2 Å². The van der Waals surface area contributed by atoms with Crippen molar-refractivity contribution in [3.05, 3.63) is 53.8 Å². The number of anilines is 1. The van der Waals surface area contributed by atoms with Gasteiger partial charge in [-0.15, -0.1) is 11.8 Å². The molecule has 7 heteroatoms. The van der Waals surface area contributed by atoms with Crippen LogP contribution in [0.15, 0.2) is 47.4 Å². The highest BCUT2D eigenvalue weighted by atomic mass is 32.2. The molecule has 28 heavy (non-hydrogen) atoms. The predicted molar refractivity (Wildman–Crippen MR) is 116 cm³/mol. The van der Waals surface area contributed by atoms with Crippen molar-refractivity contribution in [1.29, 1.82) is 0 Å². The van der Waals surface area contributed by atoms with Gasteiger partial charge in [-0.3, -0.25) is 9.69 Å². The summed E-state index contributed by atoms with van der Waals surface area (Å²) < 4.78 is 14.3. The number of nitrogens with one attached hydrogen (secondary N) is 1. The lowest BCUT2D eigenvalue weighted by molar-refractivity contribution is -0.856. The number of thiazole rings is 1. The van der Waals surface area contributed by atoms with Crippen LogP contribution in [-0.2, 0) is 4.79 Å². The maximum atomic E-state index is 13.5. The third-order valence-electron chi connectivity index (χ3n) is 4.31. The number of benzene rings is 2. The van der Waals surface area contributed by atoms with Gasteiger partial charge in [0.15, 0.2) is 5.13 Å². The summed E-state index contributed by atoms with van der Waals surface area (Å²) in [5.41, 5.74) is 1.95. The van der Waals surface area contributed by atoms with Crippen LogP contribution in [0, 0.1) is 12.7 Å². The Morgan fingerprint density at radius 1 is 1.21 bits per heavy atom. The van der Waals surface area contributed by atoms with E-state index in [1.807, 2.05) is 0 Å². The van der Waals surface area contributed by atoms with Crippen LogP contribution >= 0.6 is 23.1 Å². The molecule has 2 aromatic carbocycles. The molecule has 0 atom stereocenters. The summed E-state index contributed by atoms with van der Waals surface area (Å²) in [4.78, 5) is 21.7. The summed E-state index contributed by atoms with van der Waals surface area (Å²) in [5, 5.41) is 0.646. The number of likely N-dealkylation sites (N-methyl/N-ethyl adjacent to an activating group) is 1. The van der Waals surface area contributed by atoms with Gasteiger partial charge in [-0.2, -0.15) is 0 Å². The molecule has 1 amide bonds.